The van der Waals surface area contributed by atoms with Gasteiger partial charge in [0, 0.05) is 26.2 Å². The van der Waals surface area contributed by atoms with Gasteiger partial charge in [0.1, 0.15) is 5.75 Å². The van der Waals surface area contributed by atoms with Crippen molar-refractivity contribution < 1.29 is 13.5 Å². The normalized spacial score (nSPS) is 16.3. The third kappa shape index (κ3) is 4.48. The van der Waals surface area contributed by atoms with Gasteiger partial charge in [-0.15, -0.1) is 24.8 Å². The molecule has 1 heterocycles. The number of halogens is 4. The van der Waals surface area contributed by atoms with Crippen molar-refractivity contribution in [1.29, 1.82) is 0 Å². The molecule has 1 saturated heterocycles. The molecule has 0 unspecified atom stereocenters. The van der Waals surface area contributed by atoms with Crippen LogP contribution in [0, 0.1) is 0 Å². The predicted octanol–water partition coefficient (Wildman–Crippen LogP) is 3.90. The van der Waals surface area contributed by atoms with E-state index in [4.69, 9.17) is 4.74 Å². The number of hydrogen-bond donors (Lipinski definition) is 1. The molecule has 0 radical (unpaired) electrons. The highest BCUT2D eigenvalue weighted by Crippen LogP contribution is 2.31. The van der Waals surface area contributed by atoms with Gasteiger partial charge in [-0.3, -0.25) is 4.90 Å². The number of methoxy groups -OCH3 is 1. The van der Waals surface area contributed by atoms with Crippen molar-refractivity contribution in [2.75, 3.05) is 33.3 Å². The van der Waals surface area contributed by atoms with Gasteiger partial charge in [-0.2, -0.15) is 0 Å². The van der Waals surface area contributed by atoms with Gasteiger partial charge in [0.2, 0.25) is 0 Å². The fourth-order valence-electron chi connectivity index (χ4n) is 3.03. The molecule has 3 nitrogen and oxygen atoms in total. The number of rotatable bonds is 4. The number of hydrogen-bond acceptors (Lipinski definition) is 3. The van der Waals surface area contributed by atoms with E-state index in [0.717, 1.165) is 29.6 Å². The largest absolute Gasteiger partial charge is 0.497 e. The fourth-order valence-corrected chi connectivity index (χ4v) is 3.03. The van der Waals surface area contributed by atoms with Crippen molar-refractivity contribution in [3.63, 3.8) is 0 Å². The Kier molecular flexibility index (Phi) is 8.16. The second-order valence-electron chi connectivity index (χ2n) is 5.54. The number of benzene rings is 2. The van der Waals surface area contributed by atoms with Crippen LogP contribution in [0.5, 0.6) is 5.75 Å². The van der Waals surface area contributed by atoms with Gasteiger partial charge in [-0.25, -0.2) is 8.78 Å². The molecule has 2 aromatic carbocycles. The Morgan fingerprint density at radius 3 is 2.25 bits per heavy atom. The summed E-state index contributed by atoms with van der Waals surface area (Å²) in [6.45, 7) is 2.81. The summed E-state index contributed by atoms with van der Waals surface area (Å²) in [6, 6.07) is 10.4. The topological polar surface area (TPSA) is 24.5 Å². The average Bonchev–Trinajstić information content (AvgIpc) is 2.55. The van der Waals surface area contributed by atoms with Crippen LogP contribution in [0.3, 0.4) is 0 Å². The molecule has 0 saturated carbocycles. The lowest BCUT2D eigenvalue weighted by Gasteiger charge is -2.34. The zero-order valence-corrected chi connectivity index (χ0v) is 15.0. The Balaban J connectivity index is 0.00000144. The minimum atomic E-state index is -2.39. The first-order valence-electron chi connectivity index (χ1n) is 7.49. The SMILES string of the molecule is COc1ccc2cc([C@@H](C(F)F)N3CCNCC3)ccc2c1.Cl.Cl. The minimum Gasteiger partial charge on any atom is -0.497 e. The summed E-state index contributed by atoms with van der Waals surface area (Å²) in [5.74, 6) is 0.771. The van der Waals surface area contributed by atoms with Crippen LogP contribution < -0.4 is 10.1 Å². The number of ether oxygens (including phenoxy) is 1. The molecule has 3 rings (SSSR count). The first-order valence-corrected chi connectivity index (χ1v) is 7.49. The monoisotopic (exact) mass is 378 g/mol. The predicted molar refractivity (Wildman–Crippen MR) is 98.2 cm³/mol. The zero-order valence-electron chi connectivity index (χ0n) is 13.4. The van der Waals surface area contributed by atoms with Gasteiger partial charge in [0.15, 0.2) is 0 Å². The molecular formula is C17H22Cl2F2N2O. The van der Waals surface area contributed by atoms with E-state index in [9.17, 15) is 8.78 Å². The van der Waals surface area contributed by atoms with E-state index in [1.54, 1.807) is 13.2 Å². The summed E-state index contributed by atoms with van der Waals surface area (Å²) in [7, 11) is 1.62. The van der Waals surface area contributed by atoms with Crippen LogP contribution in [0.25, 0.3) is 10.8 Å². The van der Waals surface area contributed by atoms with Crippen LogP contribution in [0.15, 0.2) is 36.4 Å². The Hall–Kier alpha value is -1.14. The molecule has 1 fully saturated rings. The zero-order chi connectivity index (χ0) is 15.5. The molecule has 134 valence electrons. The number of nitrogens with zero attached hydrogens (tertiary/aromatic N) is 1. The van der Waals surface area contributed by atoms with Gasteiger partial charge in [-0.05, 0) is 34.5 Å². The second kappa shape index (κ2) is 9.37. The van der Waals surface area contributed by atoms with E-state index in [1.165, 1.54) is 0 Å². The number of nitrogens with one attached hydrogen (secondary N) is 1. The summed E-state index contributed by atoms with van der Waals surface area (Å²) in [5, 5.41) is 5.16. The van der Waals surface area contributed by atoms with Gasteiger partial charge in [0.05, 0.1) is 13.2 Å². The molecule has 1 aliphatic heterocycles. The lowest BCUT2D eigenvalue weighted by atomic mass is 10.00. The molecule has 0 aliphatic carbocycles. The van der Waals surface area contributed by atoms with E-state index in [2.05, 4.69) is 5.32 Å². The second-order valence-corrected chi connectivity index (χ2v) is 5.54. The highest BCUT2D eigenvalue weighted by molar-refractivity contribution is 5.86. The van der Waals surface area contributed by atoms with Crippen LogP contribution in [0.1, 0.15) is 11.6 Å². The van der Waals surface area contributed by atoms with Crippen LogP contribution in [0.2, 0.25) is 0 Å². The maximum atomic E-state index is 13.6. The minimum absolute atomic E-state index is 0. The molecule has 2 aromatic rings. The lowest BCUT2D eigenvalue weighted by molar-refractivity contribution is 0.0182. The Labute approximate surface area is 153 Å². The van der Waals surface area contributed by atoms with Crippen LogP contribution >= 0.6 is 24.8 Å². The molecule has 7 heteroatoms. The number of fused-ring (bicyclic) bond motifs is 1. The van der Waals surface area contributed by atoms with Crippen molar-refractivity contribution in [2.45, 2.75) is 12.5 Å². The highest BCUT2D eigenvalue weighted by Gasteiger charge is 2.30. The molecule has 0 spiro atoms. The summed E-state index contributed by atoms with van der Waals surface area (Å²) in [4.78, 5) is 1.87. The summed E-state index contributed by atoms with van der Waals surface area (Å²) in [5.41, 5.74) is 0.676. The molecule has 0 bridgehead atoms. The lowest BCUT2D eigenvalue weighted by Crippen LogP contribution is -2.46. The molecule has 1 aliphatic rings. The third-order valence-corrected chi connectivity index (χ3v) is 4.20. The summed E-state index contributed by atoms with van der Waals surface area (Å²) < 4.78 is 32.4. The maximum Gasteiger partial charge on any atom is 0.258 e. The van der Waals surface area contributed by atoms with Crippen molar-refractivity contribution in [3.05, 3.63) is 42.0 Å². The highest BCUT2D eigenvalue weighted by atomic mass is 35.5. The first-order chi connectivity index (χ1) is 10.7. The Bertz CT molecular complexity index is 652. The van der Waals surface area contributed by atoms with Crippen LogP contribution in [-0.4, -0.2) is 44.6 Å². The molecular weight excluding hydrogens is 357 g/mol. The van der Waals surface area contributed by atoms with E-state index >= 15 is 0 Å². The van der Waals surface area contributed by atoms with E-state index < -0.39 is 12.5 Å². The Morgan fingerprint density at radius 1 is 1.00 bits per heavy atom. The van der Waals surface area contributed by atoms with Gasteiger partial charge >= 0.3 is 0 Å². The van der Waals surface area contributed by atoms with E-state index in [0.29, 0.717) is 18.7 Å². The first kappa shape index (κ1) is 20.9. The van der Waals surface area contributed by atoms with Gasteiger partial charge in [0.25, 0.3) is 6.43 Å². The average molecular weight is 379 g/mol. The van der Waals surface area contributed by atoms with Crippen molar-refractivity contribution in [3.8, 4) is 5.75 Å². The van der Waals surface area contributed by atoms with E-state index in [1.807, 2.05) is 35.2 Å². The number of alkyl halides is 2. The smallest absolute Gasteiger partial charge is 0.258 e. The van der Waals surface area contributed by atoms with Crippen molar-refractivity contribution in [1.82, 2.24) is 10.2 Å². The molecule has 1 N–H and O–H groups in total. The molecule has 0 aromatic heterocycles. The fraction of sp³-hybridized carbons (Fsp3) is 0.412. The molecule has 24 heavy (non-hydrogen) atoms. The van der Waals surface area contributed by atoms with Crippen LogP contribution in [-0.2, 0) is 0 Å². The van der Waals surface area contributed by atoms with Gasteiger partial charge in [-0.1, -0.05) is 18.2 Å². The third-order valence-electron chi connectivity index (χ3n) is 4.20. The maximum absolute atomic E-state index is 13.6. The quantitative estimate of drug-likeness (QED) is 0.872. The molecule has 1 atom stereocenters. The van der Waals surface area contributed by atoms with Gasteiger partial charge < -0.3 is 10.1 Å². The van der Waals surface area contributed by atoms with Crippen molar-refractivity contribution >= 4 is 35.6 Å². The van der Waals surface area contributed by atoms with Crippen LogP contribution in [0.4, 0.5) is 8.78 Å². The van der Waals surface area contributed by atoms with Crippen molar-refractivity contribution in [2.24, 2.45) is 0 Å². The summed E-state index contributed by atoms with van der Waals surface area (Å²) >= 11 is 0. The Morgan fingerprint density at radius 2 is 1.62 bits per heavy atom. The van der Waals surface area contributed by atoms with E-state index in [-0.39, 0.29) is 24.8 Å². The molecule has 0 amide bonds. The summed E-state index contributed by atoms with van der Waals surface area (Å²) in [6.07, 6.45) is -2.39. The number of piperazine rings is 1. The standard InChI is InChI=1S/C17H20F2N2O.2ClH/c1-22-15-5-4-12-10-14(3-2-13(12)11-15)16(17(18)19)21-8-6-20-7-9-21;;/h2-5,10-11,16-17,20H,6-9H2,1H3;2*1H/t16-;;/m0../s1.